The minimum absolute atomic E-state index is 0.858. The molecule has 1 saturated carbocycles. The van der Waals surface area contributed by atoms with E-state index in [2.05, 4.69) is 19.2 Å². The molecule has 3 N–H and O–H groups in total. The van der Waals surface area contributed by atoms with E-state index in [4.69, 9.17) is 5.73 Å². The predicted molar refractivity (Wildman–Crippen MR) is 76.1 cm³/mol. The largest absolute Gasteiger partial charge is 0.330 e. The van der Waals surface area contributed by atoms with Crippen molar-refractivity contribution < 1.29 is 0 Å². The molecule has 1 fully saturated rings. The molecule has 0 bridgehead atoms. The minimum Gasteiger partial charge on any atom is -0.330 e. The zero-order valence-corrected chi connectivity index (χ0v) is 11.9. The van der Waals surface area contributed by atoms with Gasteiger partial charge in [-0.05, 0) is 69.5 Å². The Morgan fingerprint density at radius 1 is 1.24 bits per heavy atom. The zero-order chi connectivity index (χ0) is 12.5. The lowest BCUT2D eigenvalue weighted by atomic mass is 9.94. The Labute approximate surface area is 108 Å². The van der Waals surface area contributed by atoms with Crippen LogP contribution in [0, 0.1) is 17.8 Å². The molecular weight excluding hydrogens is 208 g/mol. The van der Waals surface area contributed by atoms with Crippen molar-refractivity contribution in [2.24, 2.45) is 23.5 Å². The van der Waals surface area contributed by atoms with Gasteiger partial charge in [0.1, 0.15) is 0 Å². The molecule has 1 aliphatic carbocycles. The van der Waals surface area contributed by atoms with Gasteiger partial charge in [0, 0.05) is 0 Å². The van der Waals surface area contributed by atoms with Crippen LogP contribution in [0.2, 0.25) is 0 Å². The van der Waals surface area contributed by atoms with Gasteiger partial charge in [-0.25, -0.2) is 0 Å². The molecule has 2 heteroatoms. The van der Waals surface area contributed by atoms with E-state index in [0.717, 1.165) is 24.3 Å². The lowest BCUT2D eigenvalue weighted by molar-refractivity contribution is 0.394. The molecule has 0 radical (unpaired) electrons. The summed E-state index contributed by atoms with van der Waals surface area (Å²) in [5.41, 5.74) is 5.65. The second-order valence-electron chi connectivity index (χ2n) is 5.89. The summed E-state index contributed by atoms with van der Waals surface area (Å²) in [5, 5.41) is 3.61. The Kier molecular flexibility index (Phi) is 7.87. The highest BCUT2D eigenvalue weighted by atomic mass is 14.9. The average Bonchev–Trinajstić information content (AvgIpc) is 3.12. The molecule has 1 rings (SSSR count). The average molecular weight is 240 g/mol. The first kappa shape index (κ1) is 15.0. The van der Waals surface area contributed by atoms with E-state index in [-0.39, 0.29) is 0 Å². The summed E-state index contributed by atoms with van der Waals surface area (Å²) in [5.74, 6) is 2.80. The molecule has 2 nitrogen and oxygen atoms in total. The van der Waals surface area contributed by atoms with Gasteiger partial charge in [0.15, 0.2) is 0 Å². The summed E-state index contributed by atoms with van der Waals surface area (Å²) in [4.78, 5) is 0. The summed E-state index contributed by atoms with van der Waals surface area (Å²) in [6.07, 6.45) is 9.49. The van der Waals surface area contributed by atoms with Crippen LogP contribution in [0.4, 0.5) is 0 Å². The molecule has 17 heavy (non-hydrogen) atoms. The van der Waals surface area contributed by atoms with E-state index in [1.54, 1.807) is 0 Å². The van der Waals surface area contributed by atoms with Gasteiger partial charge in [0.25, 0.3) is 0 Å². The first-order chi connectivity index (χ1) is 8.27. The van der Waals surface area contributed by atoms with Crippen LogP contribution in [0.1, 0.15) is 58.8 Å². The minimum atomic E-state index is 0.858. The molecule has 1 aliphatic rings. The van der Waals surface area contributed by atoms with Crippen LogP contribution in [-0.2, 0) is 0 Å². The van der Waals surface area contributed by atoms with Crippen LogP contribution >= 0.6 is 0 Å². The molecule has 0 aromatic heterocycles. The molecule has 2 unspecified atom stereocenters. The van der Waals surface area contributed by atoms with Crippen molar-refractivity contribution in [3.05, 3.63) is 0 Å². The number of hydrogen-bond acceptors (Lipinski definition) is 2. The smallest absolute Gasteiger partial charge is 0.00205 e. The fraction of sp³-hybridized carbons (Fsp3) is 1.00. The molecule has 2 atom stereocenters. The highest BCUT2D eigenvalue weighted by molar-refractivity contribution is 4.79. The highest BCUT2D eigenvalue weighted by Crippen LogP contribution is 2.36. The van der Waals surface area contributed by atoms with Crippen molar-refractivity contribution in [2.45, 2.75) is 58.8 Å². The number of nitrogens with one attached hydrogen (secondary N) is 1. The fourth-order valence-electron chi connectivity index (χ4n) is 2.75. The molecule has 0 amide bonds. The molecule has 0 aliphatic heterocycles. The third kappa shape index (κ3) is 7.05. The summed E-state index contributed by atoms with van der Waals surface area (Å²) in [7, 11) is 0. The topological polar surface area (TPSA) is 38.0 Å². The number of hydrogen-bond donors (Lipinski definition) is 2. The maximum Gasteiger partial charge on any atom is -0.00205 e. The van der Waals surface area contributed by atoms with Gasteiger partial charge in [0.05, 0.1) is 0 Å². The van der Waals surface area contributed by atoms with Crippen LogP contribution in [0.5, 0.6) is 0 Å². The van der Waals surface area contributed by atoms with Crippen molar-refractivity contribution in [1.29, 1.82) is 0 Å². The van der Waals surface area contributed by atoms with Crippen molar-refractivity contribution in [3.8, 4) is 0 Å². The summed E-state index contributed by atoms with van der Waals surface area (Å²) < 4.78 is 0. The SMILES string of the molecule is CCCC(CCN)CCCNCC(C)C1CC1. The van der Waals surface area contributed by atoms with E-state index in [0.29, 0.717) is 0 Å². The fourth-order valence-corrected chi connectivity index (χ4v) is 2.75. The Hall–Kier alpha value is -0.0800. The van der Waals surface area contributed by atoms with Gasteiger partial charge in [0.2, 0.25) is 0 Å². The molecule has 0 spiro atoms. The van der Waals surface area contributed by atoms with Gasteiger partial charge in [-0.1, -0.05) is 26.7 Å². The van der Waals surface area contributed by atoms with Gasteiger partial charge in [-0.3, -0.25) is 0 Å². The molecule has 0 saturated heterocycles. The van der Waals surface area contributed by atoms with Crippen LogP contribution in [0.3, 0.4) is 0 Å². The van der Waals surface area contributed by atoms with Crippen LogP contribution in [0.15, 0.2) is 0 Å². The van der Waals surface area contributed by atoms with E-state index >= 15 is 0 Å². The van der Waals surface area contributed by atoms with Crippen LogP contribution in [0.25, 0.3) is 0 Å². The summed E-state index contributed by atoms with van der Waals surface area (Å²) >= 11 is 0. The van der Waals surface area contributed by atoms with Gasteiger partial charge in [-0.15, -0.1) is 0 Å². The lowest BCUT2D eigenvalue weighted by Gasteiger charge is -2.16. The second kappa shape index (κ2) is 8.93. The second-order valence-corrected chi connectivity index (χ2v) is 5.89. The Balaban J connectivity index is 1.93. The quantitative estimate of drug-likeness (QED) is 0.544. The molecule has 102 valence electrons. The molecule has 0 heterocycles. The zero-order valence-electron chi connectivity index (χ0n) is 11.9. The first-order valence-electron chi connectivity index (χ1n) is 7.68. The predicted octanol–water partition coefficient (Wildman–Crippen LogP) is 3.17. The van der Waals surface area contributed by atoms with Crippen molar-refractivity contribution in [2.75, 3.05) is 19.6 Å². The highest BCUT2D eigenvalue weighted by Gasteiger charge is 2.27. The van der Waals surface area contributed by atoms with Crippen molar-refractivity contribution in [1.82, 2.24) is 5.32 Å². The normalized spacial score (nSPS) is 19.2. The van der Waals surface area contributed by atoms with Crippen LogP contribution < -0.4 is 11.1 Å². The van der Waals surface area contributed by atoms with Gasteiger partial charge in [-0.2, -0.15) is 0 Å². The number of nitrogens with two attached hydrogens (primary N) is 1. The standard InChI is InChI=1S/C15H32N2/c1-3-5-14(9-10-16)6-4-11-17-12-13(2)15-7-8-15/h13-15,17H,3-12,16H2,1-2H3. The Morgan fingerprint density at radius 2 is 2.00 bits per heavy atom. The van der Waals surface area contributed by atoms with E-state index in [1.807, 2.05) is 0 Å². The monoisotopic (exact) mass is 240 g/mol. The van der Waals surface area contributed by atoms with Gasteiger partial charge < -0.3 is 11.1 Å². The third-order valence-electron chi connectivity index (χ3n) is 4.13. The third-order valence-corrected chi connectivity index (χ3v) is 4.13. The molecule has 0 aromatic rings. The van der Waals surface area contributed by atoms with E-state index in [1.165, 1.54) is 58.0 Å². The maximum atomic E-state index is 5.65. The summed E-state index contributed by atoms with van der Waals surface area (Å²) in [6.45, 7) is 7.94. The van der Waals surface area contributed by atoms with Crippen molar-refractivity contribution >= 4 is 0 Å². The van der Waals surface area contributed by atoms with Gasteiger partial charge >= 0.3 is 0 Å². The Bertz CT molecular complexity index is 172. The van der Waals surface area contributed by atoms with Crippen molar-refractivity contribution in [3.63, 3.8) is 0 Å². The molecular formula is C15H32N2. The van der Waals surface area contributed by atoms with Crippen LogP contribution in [-0.4, -0.2) is 19.6 Å². The first-order valence-corrected chi connectivity index (χ1v) is 7.68. The summed E-state index contributed by atoms with van der Waals surface area (Å²) in [6, 6.07) is 0. The lowest BCUT2D eigenvalue weighted by Crippen LogP contribution is -2.23. The van der Waals surface area contributed by atoms with E-state index < -0.39 is 0 Å². The number of rotatable bonds is 11. The Morgan fingerprint density at radius 3 is 2.59 bits per heavy atom. The van der Waals surface area contributed by atoms with E-state index in [9.17, 15) is 0 Å². The molecule has 0 aromatic carbocycles. The maximum absolute atomic E-state index is 5.65.